The van der Waals surface area contributed by atoms with E-state index in [-0.39, 0.29) is 37.4 Å². The van der Waals surface area contributed by atoms with E-state index in [1.54, 1.807) is 18.2 Å². The van der Waals surface area contributed by atoms with Crippen molar-refractivity contribution in [1.29, 1.82) is 0 Å². The third-order valence-electron chi connectivity index (χ3n) is 3.91. The number of nitrogens with zero attached hydrogens (tertiary/aromatic N) is 2. The van der Waals surface area contributed by atoms with Crippen LogP contribution in [0, 0.1) is 0 Å². The highest BCUT2D eigenvalue weighted by Crippen LogP contribution is 2.21. The van der Waals surface area contributed by atoms with Gasteiger partial charge in [-0.25, -0.2) is 0 Å². The summed E-state index contributed by atoms with van der Waals surface area (Å²) in [6, 6.07) is 10.7. The Morgan fingerprint density at radius 2 is 2.07 bits per heavy atom. The SMILES string of the molecule is O=C(CN(Cc1ccco1)C(=O)CN1CSCC1=O)Nc1ccccc1Br. The normalized spacial score (nSPS) is 13.7. The van der Waals surface area contributed by atoms with E-state index in [0.717, 1.165) is 4.47 Å². The monoisotopic (exact) mass is 451 g/mol. The second-order valence-electron chi connectivity index (χ2n) is 5.93. The molecule has 7 nitrogen and oxygen atoms in total. The highest BCUT2D eigenvalue weighted by atomic mass is 79.9. The molecule has 0 spiro atoms. The van der Waals surface area contributed by atoms with Crippen molar-refractivity contribution in [3.63, 3.8) is 0 Å². The molecule has 142 valence electrons. The largest absolute Gasteiger partial charge is 0.467 e. The van der Waals surface area contributed by atoms with Crippen molar-refractivity contribution >= 4 is 51.1 Å². The number of amides is 3. The summed E-state index contributed by atoms with van der Waals surface area (Å²) in [4.78, 5) is 39.9. The molecule has 9 heteroatoms. The number of hydrogen-bond acceptors (Lipinski definition) is 5. The maximum absolute atomic E-state index is 12.7. The standard InChI is InChI=1S/C18H18BrN3O4S/c19-14-5-1-2-6-15(14)20-16(23)9-21(8-13-4-3-7-26-13)17(24)10-22-12-27-11-18(22)25/h1-7H,8-12H2,(H,20,23). The number of carbonyl (C=O) groups is 3. The van der Waals surface area contributed by atoms with Crippen molar-refractivity contribution in [2.45, 2.75) is 6.54 Å². The molecule has 1 N–H and O–H groups in total. The van der Waals surface area contributed by atoms with Crippen LogP contribution in [0.4, 0.5) is 5.69 Å². The fourth-order valence-corrected chi connectivity index (χ4v) is 3.84. The predicted octanol–water partition coefficient (Wildman–Crippen LogP) is 2.54. The van der Waals surface area contributed by atoms with Gasteiger partial charge >= 0.3 is 0 Å². The van der Waals surface area contributed by atoms with Crippen LogP contribution >= 0.6 is 27.7 Å². The first-order chi connectivity index (χ1) is 13.0. The van der Waals surface area contributed by atoms with Crippen LogP contribution < -0.4 is 5.32 Å². The van der Waals surface area contributed by atoms with E-state index in [1.807, 2.05) is 18.2 Å². The van der Waals surface area contributed by atoms with Crippen LogP contribution in [0.1, 0.15) is 5.76 Å². The molecule has 1 aromatic carbocycles. The quantitative estimate of drug-likeness (QED) is 0.699. The molecule has 1 aliphatic rings. The summed E-state index contributed by atoms with van der Waals surface area (Å²) in [5.41, 5.74) is 0.624. The molecule has 1 aliphatic heterocycles. The number of para-hydroxylation sites is 1. The Labute approximate surface area is 169 Å². The Hall–Kier alpha value is -2.26. The third kappa shape index (κ3) is 5.36. The molecule has 2 aromatic rings. The predicted molar refractivity (Wildman–Crippen MR) is 106 cm³/mol. The lowest BCUT2D eigenvalue weighted by molar-refractivity contribution is -0.140. The summed E-state index contributed by atoms with van der Waals surface area (Å²) in [5.74, 6) is 0.743. The van der Waals surface area contributed by atoms with Crippen molar-refractivity contribution in [1.82, 2.24) is 9.80 Å². The van der Waals surface area contributed by atoms with E-state index in [2.05, 4.69) is 21.2 Å². The van der Waals surface area contributed by atoms with E-state index < -0.39 is 0 Å². The van der Waals surface area contributed by atoms with Gasteiger partial charge in [-0.1, -0.05) is 12.1 Å². The number of halogens is 1. The first-order valence-electron chi connectivity index (χ1n) is 8.23. The molecule has 0 aliphatic carbocycles. The van der Waals surface area contributed by atoms with Gasteiger partial charge in [0.1, 0.15) is 18.8 Å². The average Bonchev–Trinajstić information content (AvgIpc) is 3.29. The van der Waals surface area contributed by atoms with Gasteiger partial charge in [0.15, 0.2) is 0 Å². The van der Waals surface area contributed by atoms with E-state index in [9.17, 15) is 14.4 Å². The molecular formula is C18H18BrN3O4S. The van der Waals surface area contributed by atoms with Crippen molar-refractivity contribution < 1.29 is 18.8 Å². The van der Waals surface area contributed by atoms with Gasteiger partial charge < -0.3 is 19.5 Å². The third-order valence-corrected chi connectivity index (χ3v) is 5.55. The fraction of sp³-hybridized carbons (Fsp3) is 0.278. The zero-order valence-electron chi connectivity index (χ0n) is 14.4. The van der Waals surface area contributed by atoms with Gasteiger partial charge in [-0.2, -0.15) is 0 Å². The molecule has 2 heterocycles. The number of carbonyl (C=O) groups excluding carboxylic acids is 3. The van der Waals surface area contributed by atoms with Crippen LogP contribution in [-0.2, 0) is 20.9 Å². The summed E-state index contributed by atoms with van der Waals surface area (Å²) >= 11 is 4.85. The van der Waals surface area contributed by atoms with Gasteiger partial charge in [0.25, 0.3) is 0 Å². The average molecular weight is 452 g/mol. The van der Waals surface area contributed by atoms with E-state index in [0.29, 0.717) is 23.1 Å². The number of hydrogen-bond donors (Lipinski definition) is 1. The lowest BCUT2D eigenvalue weighted by atomic mass is 10.3. The van der Waals surface area contributed by atoms with Crippen LogP contribution in [0.3, 0.4) is 0 Å². The molecule has 0 unspecified atom stereocenters. The van der Waals surface area contributed by atoms with E-state index in [1.165, 1.54) is 27.8 Å². The molecular weight excluding hydrogens is 434 g/mol. The molecule has 0 radical (unpaired) electrons. The summed E-state index contributed by atoms with van der Waals surface area (Å²) in [6.07, 6.45) is 1.51. The zero-order valence-corrected chi connectivity index (χ0v) is 16.8. The molecule has 0 atom stereocenters. The van der Waals surface area contributed by atoms with Gasteiger partial charge in [-0.15, -0.1) is 11.8 Å². The number of furan rings is 1. The molecule has 1 saturated heterocycles. The van der Waals surface area contributed by atoms with Crippen LogP contribution in [-0.4, -0.2) is 52.2 Å². The topological polar surface area (TPSA) is 82.9 Å². The Morgan fingerprint density at radius 3 is 2.74 bits per heavy atom. The van der Waals surface area contributed by atoms with Gasteiger partial charge in [0, 0.05) is 4.47 Å². The number of thioether (sulfide) groups is 1. The molecule has 0 saturated carbocycles. The van der Waals surface area contributed by atoms with E-state index in [4.69, 9.17) is 4.42 Å². The van der Waals surface area contributed by atoms with Crippen molar-refractivity contribution in [2.24, 2.45) is 0 Å². The molecule has 3 rings (SSSR count). The minimum Gasteiger partial charge on any atom is -0.467 e. The van der Waals surface area contributed by atoms with Crippen LogP contribution in [0.15, 0.2) is 51.6 Å². The molecule has 1 aromatic heterocycles. The van der Waals surface area contributed by atoms with Crippen molar-refractivity contribution in [3.05, 3.63) is 52.9 Å². The first-order valence-corrected chi connectivity index (χ1v) is 10.2. The van der Waals surface area contributed by atoms with Crippen molar-refractivity contribution in [3.8, 4) is 0 Å². The van der Waals surface area contributed by atoms with Crippen LogP contribution in [0.5, 0.6) is 0 Å². The van der Waals surface area contributed by atoms with Crippen LogP contribution in [0.25, 0.3) is 0 Å². The fourth-order valence-electron chi connectivity index (χ4n) is 2.55. The smallest absolute Gasteiger partial charge is 0.244 e. The Bertz CT molecular complexity index is 828. The number of anilines is 1. The summed E-state index contributed by atoms with van der Waals surface area (Å²) in [6.45, 7) is -0.0325. The lowest BCUT2D eigenvalue weighted by Crippen LogP contribution is -2.43. The van der Waals surface area contributed by atoms with Gasteiger partial charge in [0.2, 0.25) is 17.7 Å². The summed E-state index contributed by atoms with van der Waals surface area (Å²) < 4.78 is 6.06. The molecule has 27 heavy (non-hydrogen) atoms. The second kappa shape index (κ2) is 9.09. The molecule has 1 fully saturated rings. The van der Waals surface area contributed by atoms with Gasteiger partial charge in [-0.05, 0) is 40.2 Å². The Morgan fingerprint density at radius 1 is 1.26 bits per heavy atom. The number of benzene rings is 1. The Kier molecular flexibility index (Phi) is 6.57. The highest BCUT2D eigenvalue weighted by Gasteiger charge is 2.27. The number of rotatable bonds is 7. The summed E-state index contributed by atoms with van der Waals surface area (Å²) in [5, 5.41) is 2.78. The Balaban J connectivity index is 1.67. The molecule has 0 bridgehead atoms. The lowest BCUT2D eigenvalue weighted by Gasteiger charge is -2.24. The summed E-state index contributed by atoms with van der Waals surface area (Å²) in [7, 11) is 0. The zero-order chi connectivity index (χ0) is 19.2. The van der Waals surface area contributed by atoms with Gasteiger partial charge in [0.05, 0.1) is 30.1 Å². The maximum Gasteiger partial charge on any atom is 0.244 e. The van der Waals surface area contributed by atoms with Crippen LogP contribution in [0.2, 0.25) is 0 Å². The molecule has 3 amide bonds. The highest BCUT2D eigenvalue weighted by molar-refractivity contribution is 9.10. The second-order valence-corrected chi connectivity index (χ2v) is 7.74. The van der Waals surface area contributed by atoms with Crippen molar-refractivity contribution in [2.75, 3.05) is 30.0 Å². The first kappa shape index (κ1) is 19.5. The van der Waals surface area contributed by atoms with Gasteiger partial charge in [-0.3, -0.25) is 14.4 Å². The minimum atomic E-state index is -0.330. The number of nitrogens with one attached hydrogen (secondary N) is 1. The van der Waals surface area contributed by atoms with E-state index >= 15 is 0 Å². The minimum absolute atomic E-state index is 0.0468. The maximum atomic E-state index is 12.7.